The molecule has 10 heteroatoms. The van der Waals surface area contributed by atoms with Crippen LogP contribution in [-0.4, -0.2) is 63.0 Å². The summed E-state index contributed by atoms with van der Waals surface area (Å²) in [7, 11) is -3.83. The summed E-state index contributed by atoms with van der Waals surface area (Å²) in [6, 6.07) is 11.0. The van der Waals surface area contributed by atoms with Gasteiger partial charge in [-0.3, -0.25) is 9.52 Å². The average Bonchev–Trinajstić information content (AvgIpc) is 2.75. The van der Waals surface area contributed by atoms with Crippen molar-refractivity contribution in [2.24, 2.45) is 0 Å². The summed E-state index contributed by atoms with van der Waals surface area (Å²) in [6.07, 6.45) is -0.196. The van der Waals surface area contributed by atoms with E-state index >= 15 is 0 Å². The molecular formula is C21H24FN3O5S. The number of carbonyl (C=O) groups is 2. The third kappa shape index (κ3) is 5.94. The summed E-state index contributed by atoms with van der Waals surface area (Å²) >= 11 is 0. The largest absolute Gasteiger partial charge is 0.450 e. The third-order valence-corrected chi connectivity index (χ3v) is 6.24. The van der Waals surface area contributed by atoms with E-state index in [0.29, 0.717) is 38.5 Å². The normalized spacial score (nSPS) is 14.3. The topological polar surface area (TPSA) is 96.0 Å². The van der Waals surface area contributed by atoms with Gasteiger partial charge >= 0.3 is 6.09 Å². The lowest BCUT2D eigenvalue weighted by Crippen LogP contribution is -2.51. The Morgan fingerprint density at radius 3 is 2.13 bits per heavy atom. The van der Waals surface area contributed by atoms with E-state index in [0.717, 1.165) is 17.7 Å². The third-order valence-electron chi connectivity index (χ3n) is 4.84. The molecular weight excluding hydrogens is 425 g/mol. The van der Waals surface area contributed by atoms with Gasteiger partial charge in [0.2, 0.25) is 5.91 Å². The number of sulfonamides is 1. The molecule has 1 N–H and O–H groups in total. The number of benzene rings is 2. The van der Waals surface area contributed by atoms with Crippen LogP contribution in [0.3, 0.4) is 0 Å². The highest BCUT2D eigenvalue weighted by atomic mass is 32.2. The first-order chi connectivity index (χ1) is 14.8. The van der Waals surface area contributed by atoms with E-state index in [1.54, 1.807) is 41.0 Å². The number of hydrogen-bond donors (Lipinski definition) is 1. The van der Waals surface area contributed by atoms with Crippen molar-refractivity contribution in [3.63, 3.8) is 0 Å². The lowest BCUT2D eigenvalue weighted by atomic mass is 10.1. The number of hydrogen-bond acceptors (Lipinski definition) is 5. The smallest absolute Gasteiger partial charge is 0.409 e. The molecule has 0 aliphatic carbocycles. The Hall–Kier alpha value is -3.14. The Bertz CT molecular complexity index is 1020. The highest BCUT2D eigenvalue weighted by Gasteiger charge is 2.24. The first kappa shape index (κ1) is 22.5. The van der Waals surface area contributed by atoms with Crippen molar-refractivity contribution in [2.45, 2.75) is 18.2 Å². The van der Waals surface area contributed by atoms with Gasteiger partial charge in [-0.15, -0.1) is 0 Å². The second kappa shape index (κ2) is 9.78. The second-order valence-corrected chi connectivity index (χ2v) is 8.68. The Balaban J connectivity index is 1.54. The number of nitrogens with zero attached hydrogens (tertiary/aromatic N) is 2. The van der Waals surface area contributed by atoms with Crippen LogP contribution in [0.2, 0.25) is 0 Å². The number of amides is 2. The zero-order valence-electron chi connectivity index (χ0n) is 17.1. The van der Waals surface area contributed by atoms with Gasteiger partial charge in [0.25, 0.3) is 10.0 Å². The SMILES string of the molecule is CCOC(=O)N1CCN(C(=O)Cc2ccc(NS(=O)(=O)c3ccc(F)cc3)cc2)CC1. The Morgan fingerprint density at radius 1 is 0.968 bits per heavy atom. The van der Waals surface area contributed by atoms with Gasteiger partial charge in [0, 0.05) is 31.9 Å². The number of carbonyl (C=O) groups excluding carboxylic acids is 2. The fraction of sp³-hybridized carbons (Fsp3) is 0.333. The molecule has 0 bridgehead atoms. The van der Waals surface area contributed by atoms with Gasteiger partial charge in [-0.25, -0.2) is 17.6 Å². The minimum Gasteiger partial charge on any atom is -0.450 e. The van der Waals surface area contributed by atoms with Gasteiger partial charge in [0.05, 0.1) is 17.9 Å². The van der Waals surface area contributed by atoms with Crippen LogP contribution in [-0.2, 0) is 26.0 Å². The van der Waals surface area contributed by atoms with Crippen molar-refractivity contribution >= 4 is 27.7 Å². The van der Waals surface area contributed by atoms with Crippen molar-refractivity contribution in [3.8, 4) is 0 Å². The van der Waals surface area contributed by atoms with Crippen molar-refractivity contribution < 1.29 is 27.1 Å². The van der Waals surface area contributed by atoms with Crippen molar-refractivity contribution in [3.05, 3.63) is 59.9 Å². The van der Waals surface area contributed by atoms with E-state index in [-0.39, 0.29) is 23.3 Å². The average molecular weight is 450 g/mol. The number of rotatable bonds is 6. The highest BCUT2D eigenvalue weighted by Crippen LogP contribution is 2.18. The monoisotopic (exact) mass is 449 g/mol. The standard InChI is InChI=1S/C21H24FN3O5S/c1-2-30-21(27)25-13-11-24(12-14-25)20(26)15-16-3-7-18(8-4-16)23-31(28,29)19-9-5-17(22)6-10-19/h3-10,23H,2,11-15H2,1H3. The van der Waals surface area contributed by atoms with Gasteiger partial charge in [0.15, 0.2) is 0 Å². The molecule has 1 aliphatic rings. The van der Waals surface area contributed by atoms with Gasteiger partial charge in [-0.05, 0) is 48.9 Å². The molecule has 1 saturated heterocycles. The minimum atomic E-state index is -3.83. The molecule has 1 fully saturated rings. The summed E-state index contributed by atoms with van der Waals surface area (Å²) in [5.41, 5.74) is 1.08. The molecule has 0 aromatic heterocycles. The molecule has 31 heavy (non-hydrogen) atoms. The van der Waals surface area contributed by atoms with Crippen molar-refractivity contribution in [2.75, 3.05) is 37.5 Å². The van der Waals surface area contributed by atoms with Crippen LogP contribution in [0.5, 0.6) is 0 Å². The van der Waals surface area contributed by atoms with E-state index in [2.05, 4.69) is 4.72 Å². The molecule has 0 saturated carbocycles. The van der Waals surface area contributed by atoms with Crippen molar-refractivity contribution in [1.82, 2.24) is 9.80 Å². The summed E-state index contributed by atoms with van der Waals surface area (Å²) in [5, 5.41) is 0. The number of nitrogens with one attached hydrogen (secondary N) is 1. The molecule has 3 rings (SSSR count). The van der Waals surface area contributed by atoms with Gasteiger partial charge in [-0.1, -0.05) is 12.1 Å². The Morgan fingerprint density at radius 2 is 1.55 bits per heavy atom. The molecule has 0 spiro atoms. The van der Waals surface area contributed by atoms with Gasteiger partial charge in [-0.2, -0.15) is 0 Å². The van der Waals surface area contributed by atoms with E-state index in [1.165, 1.54) is 12.1 Å². The molecule has 2 amide bonds. The van der Waals surface area contributed by atoms with E-state index in [4.69, 9.17) is 4.74 Å². The van der Waals surface area contributed by atoms with Crippen LogP contribution >= 0.6 is 0 Å². The van der Waals surface area contributed by atoms with Crippen LogP contribution in [0, 0.1) is 5.82 Å². The zero-order valence-corrected chi connectivity index (χ0v) is 17.9. The number of piperazine rings is 1. The van der Waals surface area contributed by atoms with Crippen LogP contribution in [0.1, 0.15) is 12.5 Å². The lowest BCUT2D eigenvalue weighted by molar-refractivity contribution is -0.132. The summed E-state index contributed by atoms with van der Waals surface area (Å²) < 4.78 is 45.1. The molecule has 166 valence electrons. The van der Waals surface area contributed by atoms with Crippen LogP contribution in [0.25, 0.3) is 0 Å². The lowest BCUT2D eigenvalue weighted by Gasteiger charge is -2.34. The number of halogens is 1. The number of anilines is 1. The van der Waals surface area contributed by atoms with E-state index in [1.807, 2.05) is 0 Å². The molecule has 1 aliphatic heterocycles. The first-order valence-electron chi connectivity index (χ1n) is 9.85. The minimum absolute atomic E-state index is 0.0462. The highest BCUT2D eigenvalue weighted by molar-refractivity contribution is 7.92. The van der Waals surface area contributed by atoms with Crippen molar-refractivity contribution in [1.29, 1.82) is 0 Å². The fourth-order valence-corrected chi connectivity index (χ4v) is 4.22. The maximum atomic E-state index is 13.0. The molecule has 8 nitrogen and oxygen atoms in total. The van der Waals surface area contributed by atoms with Crippen LogP contribution < -0.4 is 4.72 Å². The van der Waals surface area contributed by atoms with Gasteiger partial charge < -0.3 is 14.5 Å². The fourth-order valence-electron chi connectivity index (χ4n) is 3.16. The van der Waals surface area contributed by atoms with Gasteiger partial charge in [0.1, 0.15) is 5.82 Å². The summed E-state index contributed by atoms with van der Waals surface area (Å²) in [4.78, 5) is 27.5. The molecule has 2 aromatic rings. The number of ether oxygens (including phenoxy) is 1. The van der Waals surface area contributed by atoms with E-state index in [9.17, 15) is 22.4 Å². The second-order valence-electron chi connectivity index (χ2n) is 7.00. The summed E-state index contributed by atoms with van der Waals surface area (Å²) in [5.74, 6) is -0.585. The zero-order chi connectivity index (χ0) is 22.4. The maximum absolute atomic E-state index is 13.0. The first-order valence-corrected chi connectivity index (χ1v) is 11.3. The quantitative estimate of drug-likeness (QED) is 0.731. The molecule has 0 radical (unpaired) electrons. The molecule has 2 aromatic carbocycles. The molecule has 0 unspecified atom stereocenters. The molecule has 1 heterocycles. The molecule has 0 atom stereocenters. The van der Waals surface area contributed by atoms with Crippen LogP contribution in [0.15, 0.2) is 53.4 Å². The van der Waals surface area contributed by atoms with Crippen LogP contribution in [0.4, 0.5) is 14.9 Å². The predicted molar refractivity (Wildman–Crippen MR) is 113 cm³/mol. The van der Waals surface area contributed by atoms with E-state index < -0.39 is 15.8 Å². The summed E-state index contributed by atoms with van der Waals surface area (Å²) in [6.45, 7) is 3.79. The maximum Gasteiger partial charge on any atom is 0.409 e. The Labute approximate surface area is 180 Å². The Kier molecular flexibility index (Phi) is 7.11. The predicted octanol–water partition coefficient (Wildman–Crippen LogP) is 2.47.